The highest BCUT2D eigenvalue weighted by atomic mass is 16.2. The second-order valence-electron chi connectivity index (χ2n) is 6.93. The van der Waals surface area contributed by atoms with Gasteiger partial charge in [-0.05, 0) is 31.9 Å². The zero-order chi connectivity index (χ0) is 19.0. The Balaban J connectivity index is 1.66. The first kappa shape index (κ1) is 17.3. The molecule has 3 aromatic rings. The number of hydrogen-bond donors (Lipinski definition) is 1. The molecule has 0 saturated carbocycles. The van der Waals surface area contributed by atoms with Crippen molar-refractivity contribution in [2.24, 2.45) is 0 Å². The quantitative estimate of drug-likeness (QED) is 0.748. The predicted octanol–water partition coefficient (Wildman–Crippen LogP) is 1.80. The fourth-order valence-electron chi connectivity index (χ4n) is 3.81. The summed E-state index contributed by atoms with van der Waals surface area (Å²) in [7, 11) is 0. The number of likely N-dealkylation sites (tertiary alicyclic amines) is 1. The average Bonchev–Trinajstić information content (AvgIpc) is 3.21. The summed E-state index contributed by atoms with van der Waals surface area (Å²) in [5.41, 5.74) is 1.61. The lowest BCUT2D eigenvalue weighted by Gasteiger charge is -2.16. The molecule has 140 valence electrons. The van der Waals surface area contributed by atoms with Crippen LogP contribution in [-0.2, 0) is 11.3 Å². The second kappa shape index (κ2) is 6.90. The highest BCUT2D eigenvalue weighted by molar-refractivity contribution is 5.80. The molecule has 0 atom stereocenters. The normalized spacial score (nSPS) is 14.4. The van der Waals surface area contributed by atoms with E-state index >= 15 is 0 Å². The third-order valence-corrected chi connectivity index (χ3v) is 5.21. The second-order valence-corrected chi connectivity index (χ2v) is 6.93. The molecule has 7 heteroatoms. The van der Waals surface area contributed by atoms with Crippen LogP contribution in [0, 0.1) is 6.92 Å². The van der Waals surface area contributed by atoms with Crippen molar-refractivity contribution in [1.82, 2.24) is 19.2 Å². The van der Waals surface area contributed by atoms with Crippen LogP contribution in [0.5, 0.6) is 0 Å². The zero-order valence-corrected chi connectivity index (χ0v) is 15.3. The van der Waals surface area contributed by atoms with Gasteiger partial charge in [-0.3, -0.25) is 19.5 Å². The first-order valence-corrected chi connectivity index (χ1v) is 9.24. The van der Waals surface area contributed by atoms with Crippen LogP contribution in [0.4, 0.5) is 0 Å². The van der Waals surface area contributed by atoms with E-state index in [2.05, 4.69) is 5.10 Å². The SMILES string of the molecule is Cc1c2c(=O)n(-c3ccccc3)[nH]c2cc(=O)n1CCCN1CCCC1=O. The fourth-order valence-corrected chi connectivity index (χ4v) is 3.81. The summed E-state index contributed by atoms with van der Waals surface area (Å²) in [6.07, 6.45) is 2.22. The molecule has 1 aromatic carbocycles. The lowest BCUT2D eigenvalue weighted by molar-refractivity contribution is -0.127. The molecule has 1 saturated heterocycles. The molecular formula is C20H22N4O3. The summed E-state index contributed by atoms with van der Waals surface area (Å²) in [6.45, 7) is 3.73. The lowest BCUT2D eigenvalue weighted by Crippen LogP contribution is -2.29. The van der Waals surface area contributed by atoms with Crippen LogP contribution in [-0.4, -0.2) is 38.2 Å². The maximum atomic E-state index is 12.9. The number of H-pyrrole nitrogens is 1. The Labute approximate surface area is 155 Å². The van der Waals surface area contributed by atoms with Gasteiger partial charge in [0.15, 0.2) is 0 Å². The zero-order valence-electron chi connectivity index (χ0n) is 15.3. The number of nitrogens with zero attached hydrogens (tertiary/aromatic N) is 3. The van der Waals surface area contributed by atoms with E-state index in [1.807, 2.05) is 35.2 Å². The fraction of sp³-hybridized carbons (Fsp3) is 0.350. The van der Waals surface area contributed by atoms with Crippen LogP contribution in [0.3, 0.4) is 0 Å². The van der Waals surface area contributed by atoms with Crippen molar-refractivity contribution in [1.29, 1.82) is 0 Å². The Morgan fingerprint density at radius 1 is 1.07 bits per heavy atom. The van der Waals surface area contributed by atoms with Gasteiger partial charge in [-0.25, -0.2) is 4.68 Å². The summed E-state index contributed by atoms with van der Waals surface area (Å²) < 4.78 is 3.10. The number of fused-ring (bicyclic) bond motifs is 1. The number of amides is 1. The number of para-hydroxylation sites is 1. The van der Waals surface area contributed by atoms with Crippen molar-refractivity contribution in [2.45, 2.75) is 32.7 Å². The van der Waals surface area contributed by atoms with Gasteiger partial charge in [-0.15, -0.1) is 0 Å². The minimum absolute atomic E-state index is 0.144. The van der Waals surface area contributed by atoms with Crippen LogP contribution in [0.1, 0.15) is 25.0 Å². The summed E-state index contributed by atoms with van der Waals surface area (Å²) in [5.74, 6) is 0.186. The number of pyridine rings is 1. The number of hydrogen-bond acceptors (Lipinski definition) is 3. The minimum atomic E-state index is -0.169. The first-order valence-electron chi connectivity index (χ1n) is 9.24. The van der Waals surface area contributed by atoms with Gasteiger partial charge >= 0.3 is 0 Å². The largest absolute Gasteiger partial charge is 0.343 e. The molecule has 2 aromatic heterocycles. The number of benzene rings is 1. The molecular weight excluding hydrogens is 344 g/mol. The van der Waals surface area contributed by atoms with E-state index in [-0.39, 0.29) is 17.0 Å². The van der Waals surface area contributed by atoms with Crippen molar-refractivity contribution in [3.8, 4) is 5.69 Å². The monoisotopic (exact) mass is 366 g/mol. The molecule has 0 unspecified atom stereocenters. The number of aromatic nitrogens is 3. The van der Waals surface area contributed by atoms with Crippen molar-refractivity contribution in [3.05, 3.63) is 62.8 Å². The molecule has 1 aliphatic rings. The van der Waals surface area contributed by atoms with Gasteiger partial charge in [0.05, 0.1) is 16.6 Å². The molecule has 0 bridgehead atoms. The van der Waals surface area contributed by atoms with E-state index in [4.69, 9.17) is 0 Å². The molecule has 27 heavy (non-hydrogen) atoms. The minimum Gasteiger partial charge on any atom is -0.343 e. The third kappa shape index (κ3) is 3.09. The summed E-state index contributed by atoms with van der Waals surface area (Å²) in [5, 5.41) is 3.56. The number of rotatable bonds is 5. The van der Waals surface area contributed by atoms with Crippen LogP contribution < -0.4 is 11.1 Å². The Hall–Kier alpha value is -3.09. The highest BCUT2D eigenvalue weighted by Gasteiger charge is 2.20. The Morgan fingerprint density at radius 2 is 1.85 bits per heavy atom. The predicted molar refractivity (Wildman–Crippen MR) is 103 cm³/mol. The number of carbonyl (C=O) groups excluding carboxylic acids is 1. The van der Waals surface area contributed by atoms with Crippen molar-refractivity contribution in [3.63, 3.8) is 0 Å². The number of carbonyl (C=O) groups is 1. The molecule has 3 heterocycles. The van der Waals surface area contributed by atoms with E-state index in [9.17, 15) is 14.4 Å². The van der Waals surface area contributed by atoms with E-state index in [1.165, 1.54) is 10.7 Å². The number of aromatic amines is 1. The van der Waals surface area contributed by atoms with Crippen LogP contribution in [0.2, 0.25) is 0 Å². The average molecular weight is 366 g/mol. The number of aryl methyl sites for hydroxylation is 1. The molecule has 0 spiro atoms. The van der Waals surface area contributed by atoms with Gasteiger partial charge in [0.1, 0.15) is 0 Å². The molecule has 1 N–H and O–H groups in total. The van der Waals surface area contributed by atoms with Crippen LogP contribution in [0.25, 0.3) is 16.6 Å². The van der Waals surface area contributed by atoms with Gasteiger partial charge in [0.25, 0.3) is 11.1 Å². The van der Waals surface area contributed by atoms with E-state index in [1.54, 1.807) is 11.5 Å². The third-order valence-electron chi connectivity index (χ3n) is 5.21. The molecule has 0 aliphatic carbocycles. The smallest absolute Gasteiger partial charge is 0.280 e. The van der Waals surface area contributed by atoms with Gasteiger partial charge in [0, 0.05) is 37.8 Å². The number of nitrogens with one attached hydrogen (secondary N) is 1. The molecule has 4 rings (SSSR count). The van der Waals surface area contributed by atoms with E-state index < -0.39 is 0 Å². The molecule has 1 aliphatic heterocycles. The topological polar surface area (TPSA) is 80.1 Å². The van der Waals surface area contributed by atoms with Crippen LogP contribution in [0.15, 0.2) is 46.0 Å². The van der Waals surface area contributed by atoms with Crippen molar-refractivity contribution >= 4 is 16.8 Å². The van der Waals surface area contributed by atoms with Crippen molar-refractivity contribution in [2.75, 3.05) is 13.1 Å². The first-order chi connectivity index (χ1) is 13.1. The van der Waals surface area contributed by atoms with E-state index in [0.29, 0.717) is 42.5 Å². The van der Waals surface area contributed by atoms with E-state index in [0.717, 1.165) is 18.7 Å². The van der Waals surface area contributed by atoms with Gasteiger partial charge in [0.2, 0.25) is 5.91 Å². The Bertz CT molecular complexity index is 1110. The lowest BCUT2D eigenvalue weighted by atomic mass is 10.2. The van der Waals surface area contributed by atoms with Gasteiger partial charge in [-0.1, -0.05) is 18.2 Å². The summed E-state index contributed by atoms with van der Waals surface area (Å²) in [6, 6.07) is 10.8. The highest BCUT2D eigenvalue weighted by Crippen LogP contribution is 2.14. The molecule has 0 radical (unpaired) electrons. The maximum absolute atomic E-state index is 12.9. The van der Waals surface area contributed by atoms with Gasteiger partial charge in [-0.2, -0.15) is 0 Å². The summed E-state index contributed by atoms with van der Waals surface area (Å²) in [4.78, 5) is 39.0. The van der Waals surface area contributed by atoms with Crippen LogP contribution >= 0.6 is 0 Å². The van der Waals surface area contributed by atoms with Crippen molar-refractivity contribution < 1.29 is 4.79 Å². The standard InChI is InChI=1S/C20H22N4O3/c1-14-19-16(21-24(20(19)27)15-7-3-2-4-8-15)13-18(26)23(14)12-6-11-22-10-5-9-17(22)25/h2-4,7-8,13,21H,5-6,9-12H2,1H3. The summed E-state index contributed by atoms with van der Waals surface area (Å²) >= 11 is 0. The maximum Gasteiger partial charge on any atom is 0.280 e. The molecule has 7 nitrogen and oxygen atoms in total. The Morgan fingerprint density at radius 3 is 2.56 bits per heavy atom. The van der Waals surface area contributed by atoms with Gasteiger partial charge < -0.3 is 9.47 Å². The molecule has 1 amide bonds. The molecule has 1 fully saturated rings. The Kier molecular flexibility index (Phi) is 4.43.